The molecule has 3 rings (SSSR count). The highest BCUT2D eigenvalue weighted by atomic mass is 35.5. The van der Waals surface area contributed by atoms with Gasteiger partial charge in [-0.05, 0) is 37.4 Å². The van der Waals surface area contributed by atoms with Crippen LogP contribution in [0, 0.1) is 0 Å². The normalized spacial score (nSPS) is 11.5. The van der Waals surface area contributed by atoms with Crippen molar-refractivity contribution in [3.05, 3.63) is 41.8 Å². The average molecular weight is 362 g/mol. The summed E-state index contributed by atoms with van der Waals surface area (Å²) in [6, 6.07) is 7.57. The molecule has 7 heteroatoms. The molecule has 0 amide bonds. The molecule has 1 aromatic carbocycles. The average Bonchev–Trinajstić information content (AvgIpc) is 3.04. The molecule has 5 nitrogen and oxygen atoms in total. The second-order valence-corrected chi connectivity index (χ2v) is 6.84. The number of thioether (sulfide) groups is 1. The van der Waals surface area contributed by atoms with E-state index in [1.54, 1.807) is 18.1 Å². The Bertz CT molecular complexity index is 798. The van der Waals surface area contributed by atoms with E-state index < -0.39 is 0 Å². The van der Waals surface area contributed by atoms with Crippen molar-refractivity contribution in [1.29, 1.82) is 0 Å². The fraction of sp³-hybridized carbons (Fsp3) is 0.353. The van der Waals surface area contributed by atoms with E-state index >= 15 is 0 Å². The number of nitrogens with zero attached hydrogens (tertiary/aromatic N) is 5. The molecule has 24 heavy (non-hydrogen) atoms. The van der Waals surface area contributed by atoms with Gasteiger partial charge in [-0.2, -0.15) is 5.10 Å². The lowest BCUT2D eigenvalue weighted by molar-refractivity contribution is 0.324. The van der Waals surface area contributed by atoms with Gasteiger partial charge in [-0.3, -0.25) is 0 Å². The number of hydrogen-bond donors (Lipinski definition) is 0. The molecular weight excluding hydrogens is 342 g/mol. The van der Waals surface area contributed by atoms with Crippen LogP contribution in [0.15, 0.2) is 41.8 Å². The highest BCUT2D eigenvalue weighted by Crippen LogP contribution is 2.26. The molecule has 0 saturated heterocycles. The first-order chi connectivity index (χ1) is 11.7. The van der Waals surface area contributed by atoms with E-state index in [1.165, 1.54) is 0 Å². The zero-order valence-electron chi connectivity index (χ0n) is 13.8. The maximum atomic E-state index is 5.96. The van der Waals surface area contributed by atoms with Crippen LogP contribution < -0.4 is 0 Å². The molecule has 0 atom stereocenters. The second-order valence-electron chi connectivity index (χ2n) is 5.32. The van der Waals surface area contributed by atoms with Crippen molar-refractivity contribution < 1.29 is 0 Å². The summed E-state index contributed by atoms with van der Waals surface area (Å²) in [4.78, 5) is 11.2. The van der Waals surface area contributed by atoms with Gasteiger partial charge in [0.05, 0.1) is 17.3 Å². The molecule has 0 saturated carbocycles. The molecule has 0 fully saturated rings. The van der Waals surface area contributed by atoms with Crippen molar-refractivity contribution >= 4 is 34.4 Å². The molecule has 0 aliphatic heterocycles. The number of benzene rings is 1. The van der Waals surface area contributed by atoms with Crippen LogP contribution in [0.4, 0.5) is 0 Å². The molecule has 2 aromatic heterocycles. The fourth-order valence-corrected chi connectivity index (χ4v) is 3.61. The minimum atomic E-state index is 0.706. The first kappa shape index (κ1) is 17.2. The van der Waals surface area contributed by atoms with Crippen LogP contribution in [0.3, 0.4) is 0 Å². The van der Waals surface area contributed by atoms with E-state index in [0.29, 0.717) is 5.02 Å². The van der Waals surface area contributed by atoms with Crippen LogP contribution in [-0.4, -0.2) is 50.0 Å². The van der Waals surface area contributed by atoms with Gasteiger partial charge in [0, 0.05) is 17.3 Å². The lowest BCUT2D eigenvalue weighted by Crippen LogP contribution is -2.25. The Kier molecular flexibility index (Phi) is 5.71. The Balaban J connectivity index is 1.82. The van der Waals surface area contributed by atoms with E-state index in [4.69, 9.17) is 11.6 Å². The van der Waals surface area contributed by atoms with Gasteiger partial charge in [0.2, 0.25) is 0 Å². The van der Waals surface area contributed by atoms with Crippen molar-refractivity contribution in [1.82, 2.24) is 24.6 Å². The topological polar surface area (TPSA) is 46.8 Å². The second kappa shape index (κ2) is 7.96. The SMILES string of the molecule is CCN(CC)CCSc1ncnc2c1cnn2-c1ccc(Cl)cc1. The predicted molar refractivity (Wildman–Crippen MR) is 100 cm³/mol. The minimum Gasteiger partial charge on any atom is -0.303 e. The first-order valence-electron chi connectivity index (χ1n) is 8.02. The van der Waals surface area contributed by atoms with Crippen molar-refractivity contribution in [3.8, 4) is 5.69 Å². The minimum absolute atomic E-state index is 0.706. The Morgan fingerprint density at radius 3 is 2.58 bits per heavy atom. The number of aromatic nitrogens is 4. The summed E-state index contributed by atoms with van der Waals surface area (Å²) in [6.45, 7) is 7.57. The number of halogens is 1. The van der Waals surface area contributed by atoms with Gasteiger partial charge in [0.25, 0.3) is 0 Å². The van der Waals surface area contributed by atoms with Crippen LogP contribution >= 0.6 is 23.4 Å². The lowest BCUT2D eigenvalue weighted by atomic mass is 10.3. The van der Waals surface area contributed by atoms with Gasteiger partial charge >= 0.3 is 0 Å². The Hall–Kier alpha value is -1.63. The summed E-state index contributed by atoms with van der Waals surface area (Å²) >= 11 is 7.71. The first-order valence-corrected chi connectivity index (χ1v) is 9.39. The molecule has 0 aliphatic carbocycles. The summed E-state index contributed by atoms with van der Waals surface area (Å²) in [6.07, 6.45) is 3.44. The third-order valence-corrected chi connectivity index (χ3v) is 5.18. The largest absolute Gasteiger partial charge is 0.303 e. The summed E-state index contributed by atoms with van der Waals surface area (Å²) < 4.78 is 1.82. The summed E-state index contributed by atoms with van der Waals surface area (Å²) in [5.74, 6) is 1.000. The maximum absolute atomic E-state index is 5.96. The third kappa shape index (κ3) is 3.71. The molecule has 0 N–H and O–H groups in total. The van der Waals surface area contributed by atoms with Crippen LogP contribution in [0.25, 0.3) is 16.7 Å². The Morgan fingerprint density at radius 2 is 1.88 bits per heavy atom. The smallest absolute Gasteiger partial charge is 0.167 e. The standard InChI is InChI=1S/C17H20ClN5S/c1-3-22(4-2)9-10-24-17-15-11-21-23(16(15)19-12-20-17)14-7-5-13(18)6-8-14/h5-8,11-12H,3-4,9-10H2,1-2H3. The molecule has 0 unspecified atom stereocenters. The molecule has 3 aromatic rings. The highest BCUT2D eigenvalue weighted by Gasteiger charge is 2.12. The van der Waals surface area contributed by atoms with E-state index in [2.05, 4.69) is 33.8 Å². The van der Waals surface area contributed by atoms with E-state index in [0.717, 1.165) is 47.1 Å². The number of rotatable bonds is 7. The maximum Gasteiger partial charge on any atom is 0.167 e. The number of fused-ring (bicyclic) bond motifs is 1. The van der Waals surface area contributed by atoms with Gasteiger partial charge < -0.3 is 4.90 Å². The van der Waals surface area contributed by atoms with E-state index in [9.17, 15) is 0 Å². The van der Waals surface area contributed by atoms with Gasteiger partial charge in [0.1, 0.15) is 11.4 Å². The van der Waals surface area contributed by atoms with Crippen molar-refractivity contribution in [2.24, 2.45) is 0 Å². The molecule has 0 bridgehead atoms. The summed E-state index contributed by atoms with van der Waals surface area (Å²) in [5.41, 5.74) is 1.75. The van der Waals surface area contributed by atoms with E-state index in [1.807, 2.05) is 35.1 Å². The van der Waals surface area contributed by atoms with Crippen molar-refractivity contribution in [2.75, 3.05) is 25.4 Å². The molecule has 0 aliphatic rings. The Morgan fingerprint density at radius 1 is 1.12 bits per heavy atom. The summed E-state index contributed by atoms with van der Waals surface area (Å²) in [5, 5.41) is 7.15. The van der Waals surface area contributed by atoms with Crippen LogP contribution in [0.5, 0.6) is 0 Å². The quantitative estimate of drug-likeness (QED) is 0.471. The molecule has 0 spiro atoms. The summed E-state index contributed by atoms with van der Waals surface area (Å²) in [7, 11) is 0. The van der Waals surface area contributed by atoms with E-state index in [-0.39, 0.29) is 0 Å². The molecule has 2 heterocycles. The van der Waals surface area contributed by atoms with Gasteiger partial charge in [-0.25, -0.2) is 14.6 Å². The van der Waals surface area contributed by atoms with Gasteiger partial charge in [0.15, 0.2) is 5.65 Å². The van der Waals surface area contributed by atoms with Crippen LogP contribution in [0.1, 0.15) is 13.8 Å². The molecule has 126 valence electrons. The zero-order valence-corrected chi connectivity index (χ0v) is 15.4. The third-order valence-electron chi connectivity index (χ3n) is 3.94. The molecule has 0 radical (unpaired) electrons. The van der Waals surface area contributed by atoms with Crippen molar-refractivity contribution in [3.63, 3.8) is 0 Å². The highest BCUT2D eigenvalue weighted by molar-refractivity contribution is 7.99. The lowest BCUT2D eigenvalue weighted by Gasteiger charge is -2.17. The Labute approximate surface area is 151 Å². The van der Waals surface area contributed by atoms with Crippen molar-refractivity contribution in [2.45, 2.75) is 18.9 Å². The monoisotopic (exact) mass is 361 g/mol. The van der Waals surface area contributed by atoms with Gasteiger partial charge in [-0.15, -0.1) is 11.8 Å². The fourth-order valence-electron chi connectivity index (χ4n) is 2.52. The van der Waals surface area contributed by atoms with Crippen LogP contribution in [0.2, 0.25) is 5.02 Å². The number of hydrogen-bond acceptors (Lipinski definition) is 5. The van der Waals surface area contributed by atoms with Gasteiger partial charge in [-0.1, -0.05) is 25.4 Å². The predicted octanol–water partition coefficient (Wildman–Crippen LogP) is 3.90. The van der Waals surface area contributed by atoms with Crippen LogP contribution in [-0.2, 0) is 0 Å². The molecular formula is C17H20ClN5S. The zero-order chi connectivity index (χ0) is 16.9.